The molecule has 1 N–H and O–H groups in total. The van der Waals surface area contributed by atoms with Crippen molar-refractivity contribution in [1.29, 1.82) is 0 Å². The van der Waals surface area contributed by atoms with Crippen molar-refractivity contribution < 1.29 is 9.47 Å². The molecular weight excluding hydrogens is 178 g/mol. The van der Waals surface area contributed by atoms with E-state index in [4.69, 9.17) is 9.47 Å². The molecule has 3 heteroatoms. The molecule has 1 aliphatic heterocycles. The lowest BCUT2D eigenvalue weighted by molar-refractivity contribution is 0.162. The topological polar surface area (TPSA) is 30.5 Å². The third-order valence-corrected chi connectivity index (χ3v) is 2.82. The maximum atomic E-state index is 5.35. The average Bonchev–Trinajstić information content (AvgIpc) is 2.64. The minimum absolute atomic E-state index is 0.555. The summed E-state index contributed by atoms with van der Waals surface area (Å²) in [6.45, 7) is 7.12. The summed E-state index contributed by atoms with van der Waals surface area (Å²) in [7, 11) is 1.76. The maximum absolute atomic E-state index is 5.35. The Morgan fingerprint density at radius 1 is 1.50 bits per heavy atom. The Balaban J connectivity index is 2.26. The van der Waals surface area contributed by atoms with E-state index in [0.717, 1.165) is 32.7 Å². The van der Waals surface area contributed by atoms with Crippen LogP contribution in [0.15, 0.2) is 0 Å². The van der Waals surface area contributed by atoms with Crippen LogP contribution in [-0.4, -0.2) is 39.0 Å². The SMILES string of the molecule is COCCC(NC1CCOC1)C(C)C. The second kappa shape index (κ2) is 6.38. The normalized spacial score (nSPS) is 24.4. The van der Waals surface area contributed by atoms with Crippen molar-refractivity contribution in [2.45, 2.75) is 38.8 Å². The summed E-state index contributed by atoms with van der Waals surface area (Å²) in [5, 5.41) is 3.65. The number of methoxy groups -OCH3 is 1. The first-order valence-electron chi connectivity index (χ1n) is 5.56. The van der Waals surface area contributed by atoms with Gasteiger partial charge in [0.05, 0.1) is 6.61 Å². The highest BCUT2D eigenvalue weighted by atomic mass is 16.5. The van der Waals surface area contributed by atoms with Gasteiger partial charge in [-0.15, -0.1) is 0 Å². The number of nitrogens with one attached hydrogen (secondary N) is 1. The van der Waals surface area contributed by atoms with Crippen LogP contribution in [0.25, 0.3) is 0 Å². The number of ether oxygens (including phenoxy) is 2. The molecule has 1 aliphatic rings. The van der Waals surface area contributed by atoms with Gasteiger partial charge < -0.3 is 14.8 Å². The quantitative estimate of drug-likeness (QED) is 0.705. The van der Waals surface area contributed by atoms with Gasteiger partial charge in [-0.3, -0.25) is 0 Å². The predicted octanol–water partition coefficient (Wildman–Crippen LogP) is 1.43. The summed E-state index contributed by atoms with van der Waals surface area (Å²) in [4.78, 5) is 0. The summed E-state index contributed by atoms with van der Waals surface area (Å²) in [6, 6.07) is 1.11. The summed E-state index contributed by atoms with van der Waals surface area (Å²) < 4.78 is 10.5. The fraction of sp³-hybridized carbons (Fsp3) is 1.00. The van der Waals surface area contributed by atoms with Crippen LogP contribution in [0.1, 0.15) is 26.7 Å². The van der Waals surface area contributed by atoms with Crippen LogP contribution in [0.2, 0.25) is 0 Å². The van der Waals surface area contributed by atoms with Gasteiger partial charge in [0.1, 0.15) is 0 Å². The zero-order chi connectivity index (χ0) is 10.4. The molecule has 84 valence electrons. The number of rotatable bonds is 6. The van der Waals surface area contributed by atoms with Gasteiger partial charge >= 0.3 is 0 Å². The molecule has 3 nitrogen and oxygen atoms in total. The summed E-state index contributed by atoms with van der Waals surface area (Å²) in [5.74, 6) is 0.658. The molecule has 14 heavy (non-hydrogen) atoms. The van der Waals surface area contributed by atoms with Crippen LogP contribution in [0.4, 0.5) is 0 Å². The van der Waals surface area contributed by atoms with E-state index < -0.39 is 0 Å². The highest BCUT2D eigenvalue weighted by Gasteiger charge is 2.21. The van der Waals surface area contributed by atoms with E-state index in [1.807, 2.05) is 0 Å². The second-order valence-corrected chi connectivity index (χ2v) is 4.36. The molecule has 2 unspecified atom stereocenters. The van der Waals surface area contributed by atoms with Crippen LogP contribution >= 0.6 is 0 Å². The first-order valence-corrected chi connectivity index (χ1v) is 5.56. The molecule has 0 bridgehead atoms. The van der Waals surface area contributed by atoms with Crippen molar-refractivity contribution in [3.63, 3.8) is 0 Å². The lowest BCUT2D eigenvalue weighted by Gasteiger charge is -2.25. The third-order valence-electron chi connectivity index (χ3n) is 2.82. The minimum atomic E-state index is 0.555. The van der Waals surface area contributed by atoms with Gasteiger partial charge in [0.15, 0.2) is 0 Å². The van der Waals surface area contributed by atoms with E-state index in [2.05, 4.69) is 19.2 Å². The molecule has 0 spiro atoms. The Hall–Kier alpha value is -0.120. The van der Waals surface area contributed by atoms with Crippen molar-refractivity contribution in [2.24, 2.45) is 5.92 Å². The molecule has 0 aromatic heterocycles. The van der Waals surface area contributed by atoms with E-state index in [0.29, 0.717) is 18.0 Å². The molecule has 0 saturated carbocycles. The Morgan fingerprint density at radius 3 is 2.79 bits per heavy atom. The van der Waals surface area contributed by atoms with Crippen molar-refractivity contribution >= 4 is 0 Å². The zero-order valence-electron chi connectivity index (χ0n) is 9.58. The summed E-state index contributed by atoms with van der Waals surface area (Å²) >= 11 is 0. The Labute approximate surface area is 87.2 Å². The van der Waals surface area contributed by atoms with Crippen molar-refractivity contribution in [3.8, 4) is 0 Å². The molecule has 0 aromatic rings. The van der Waals surface area contributed by atoms with Crippen LogP contribution in [0.3, 0.4) is 0 Å². The monoisotopic (exact) mass is 201 g/mol. The fourth-order valence-electron chi connectivity index (χ4n) is 1.82. The van der Waals surface area contributed by atoms with Crippen molar-refractivity contribution in [3.05, 3.63) is 0 Å². The molecular formula is C11H23NO2. The molecule has 1 heterocycles. The van der Waals surface area contributed by atoms with Gasteiger partial charge in [-0.2, -0.15) is 0 Å². The smallest absolute Gasteiger partial charge is 0.0620 e. The van der Waals surface area contributed by atoms with Crippen LogP contribution in [0.5, 0.6) is 0 Å². The Morgan fingerprint density at radius 2 is 2.29 bits per heavy atom. The lowest BCUT2D eigenvalue weighted by Crippen LogP contribution is -2.42. The maximum Gasteiger partial charge on any atom is 0.0620 e. The molecule has 0 aliphatic carbocycles. The molecule has 2 atom stereocenters. The Kier molecular flexibility index (Phi) is 5.45. The first kappa shape index (κ1) is 12.0. The van der Waals surface area contributed by atoms with Gasteiger partial charge in [0, 0.05) is 32.4 Å². The predicted molar refractivity (Wildman–Crippen MR) is 57.5 cm³/mol. The number of hydrogen-bond acceptors (Lipinski definition) is 3. The highest BCUT2D eigenvalue weighted by Crippen LogP contribution is 2.11. The van der Waals surface area contributed by atoms with E-state index in [1.165, 1.54) is 0 Å². The fourth-order valence-corrected chi connectivity index (χ4v) is 1.82. The lowest BCUT2D eigenvalue weighted by atomic mass is 10.00. The van der Waals surface area contributed by atoms with E-state index >= 15 is 0 Å². The Bertz CT molecular complexity index is 144. The largest absolute Gasteiger partial charge is 0.385 e. The van der Waals surface area contributed by atoms with Gasteiger partial charge in [-0.05, 0) is 18.8 Å². The van der Waals surface area contributed by atoms with Crippen LogP contribution in [-0.2, 0) is 9.47 Å². The molecule has 0 amide bonds. The van der Waals surface area contributed by atoms with Crippen molar-refractivity contribution in [1.82, 2.24) is 5.32 Å². The number of hydrogen-bond donors (Lipinski definition) is 1. The highest BCUT2D eigenvalue weighted by molar-refractivity contribution is 4.79. The molecule has 1 rings (SSSR count). The summed E-state index contributed by atoms with van der Waals surface area (Å²) in [6.07, 6.45) is 2.24. The van der Waals surface area contributed by atoms with Gasteiger partial charge in [0.25, 0.3) is 0 Å². The van der Waals surface area contributed by atoms with E-state index in [-0.39, 0.29) is 0 Å². The minimum Gasteiger partial charge on any atom is -0.385 e. The van der Waals surface area contributed by atoms with E-state index in [9.17, 15) is 0 Å². The van der Waals surface area contributed by atoms with Crippen LogP contribution in [0, 0.1) is 5.92 Å². The second-order valence-electron chi connectivity index (χ2n) is 4.36. The molecule has 1 fully saturated rings. The molecule has 1 saturated heterocycles. The van der Waals surface area contributed by atoms with E-state index in [1.54, 1.807) is 7.11 Å². The molecule has 0 aromatic carbocycles. The van der Waals surface area contributed by atoms with Crippen LogP contribution < -0.4 is 5.32 Å². The van der Waals surface area contributed by atoms with Crippen molar-refractivity contribution in [2.75, 3.05) is 26.9 Å². The standard InChI is InChI=1S/C11H23NO2/c1-9(2)11(5-6-13-3)12-10-4-7-14-8-10/h9-12H,4-8H2,1-3H3. The molecule has 0 radical (unpaired) electrons. The average molecular weight is 201 g/mol. The van der Waals surface area contributed by atoms with Gasteiger partial charge in [-0.25, -0.2) is 0 Å². The first-order chi connectivity index (χ1) is 6.74. The summed E-state index contributed by atoms with van der Waals surface area (Å²) in [5.41, 5.74) is 0. The van der Waals surface area contributed by atoms with Gasteiger partial charge in [-0.1, -0.05) is 13.8 Å². The third kappa shape index (κ3) is 3.95. The zero-order valence-corrected chi connectivity index (χ0v) is 9.58. The van der Waals surface area contributed by atoms with Gasteiger partial charge in [0.2, 0.25) is 0 Å².